The van der Waals surface area contributed by atoms with Gasteiger partial charge in [-0.2, -0.15) is 0 Å². The predicted molar refractivity (Wildman–Crippen MR) is 79.4 cm³/mol. The van der Waals surface area contributed by atoms with Crippen molar-refractivity contribution in [3.63, 3.8) is 0 Å². The topological polar surface area (TPSA) is 58.6 Å². The highest BCUT2D eigenvalue weighted by atomic mass is 35.5. The van der Waals surface area contributed by atoms with Gasteiger partial charge in [-0.3, -0.25) is 0 Å². The van der Waals surface area contributed by atoms with Crippen molar-refractivity contribution in [1.82, 2.24) is 0 Å². The number of carbonyl (C=O) groups is 1. The lowest BCUT2D eigenvalue weighted by atomic mass is 10.1. The third-order valence-corrected chi connectivity index (χ3v) is 3.07. The second kappa shape index (κ2) is 5.84. The molecular weight excluding hydrogens is 278 g/mol. The number of rotatable bonds is 4. The molecule has 0 saturated carbocycles. The monoisotopic (exact) mass is 291 g/mol. The summed E-state index contributed by atoms with van der Waals surface area (Å²) in [6.07, 6.45) is 0. The maximum Gasteiger partial charge on any atom is 0.337 e. The summed E-state index contributed by atoms with van der Waals surface area (Å²) in [5.41, 5.74) is 2.32. The van der Waals surface area contributed by atoms with Crippen LogP contribution in [0.5, 0.6) is 5.75 Å². The van der Waals surface area contributed by atoms with Crippen LogP contribution < -0.4 is 10.1 Å². The Morgan fingerprint density at radius 3 is 2.60 bits per heavy atom. The highest BCUT2D eigenvalue weighted by Gasteiger charge is 2.12. The highest BCUT2D eigenvalue weighted by Crippen LogP contribution is 2.31. The summed E-state index contributed by atoms with van der Waals surface area (Å²) in [6, 6.07) is 10.3. The van der Waals surface area contributed by atoms with Gasteiger partial charge in [0, 0.05) is 5.02 Å². The zero-order chi connectivity index (χ0) is 14.7. The third kappa shape index (κ3) is 3.03. The number of halogens is 1. The third-order valence-electron chi connectivity index (χ3n) is 2.84. The fourth-order valence-corrected chi connectivity index (χ4v) is 2.04. The molecule has 0 radical (unpaired) electrons. The Morgan fingerprint density at radius 2 is 1.95 bits per heavy atom. The molecule has 0 aliphatic carbocycles. The molecule has 0 heterocycles. The molecule has 0 aliphatic heterocycles. The van der Waals surface area contributed by atoms with Crippen LogP contribution in [0.25, 0.3) is 0 Å². The molecule has 0 bridgehead atoms. The van der Waals surface area contributed by atoms with Crippen molar-refractivity contribution < 1.29 is 14.6 Å². The molecule has 104 valence electrons. The molecule has 0 aromatic heterocycles. The molecule has 0 fully saturated rings. The summed E-state index contributed by atoms with van der Waals surface area (Å²) >= 11 is 5.83. The van der Waals surface area contributed by atoms with E-state index in [4.69, 9.17) is 16.3 Å². The number of methoxy groups -OCH3 is 1. The van der Waals surface area contributed by atoms with Crippen LogP contribution in [-0.2, 0) is 0 Å². The molecule has 0 unspecified atom stereocenters. The summed E-state index contributed by atoms with van der Waals surface area (Å²) < 4.78 is 5.26. The minimum absolute atomic E-state index is 0.112. The van der Waals surface area contributed by atoms with E-state index in [0.29, 0.717) is 22.1 Å². The van der Waals surface area contributed by atoms with Gasteiger partial charge in [0.25, 0.3) is 0 Å². The molecule has 4 nitrogen and oxygen atoms in total. The minimum atomic E-state index is -1.04. The summed E-state index contributed by atoms with van der Waals surface area (Å²) in [5.74, 6) is -0.400. The van der Waals surface area contributed by atoms with Gasteiger partial charge in [0.1, 0.15) is 5.75 Å². The fourth-order valence-electron chi connectivity index (χ4n) is 1.87. The van der Waals surface area contributed by atoms with Gasteiger partial charge in [-0.25, -0.2) is 4.79 Å². The van der Waals surface area contributed by atoms with E-state index in [-0.39, 0.29) is 5.56 Å². The first-order chi connectivity index (χ1) is 9.51. The van der Waals surface area contributed by atoms with Gasteiger partial charge < -0.3 is 15.2 Å². The first-order valence-corrected chi connectivity index (χ1v) is 6.33. The Kier molecular flexibility index (Phi) is 4.15. The fraction of sp³-hybridized carbons (Fsp3) is 0.133. The Morgan fingerprint density at radius 1 is 1.20 bits per heavy atom. The molecule has 5 heteroatoms. The zero-order valence-corrected chi connectivity index (χ0v) is 11.9. The molecule has 2 aromatic rings. The number of anilines is 2. The second-order valence-corrected chi connectivity index (χ2v) is 4.76. The van der Waals surface area contributed by atoms with E-state index >= 15 is 0 Å². The average molecular weight is 292 g/mol. The van der Waals surface area contributed by atoms with E-state index in [9.17, 15) is 9.90 Å². The summed E-state index contributed by atoms with van der Waals surface area (Å²) in [7, 11) is 1.57. The van der Waals surface area contributed by atoms with E-state index < -0.39 is 5.97 Å². The zero-order valence-electron chi connectivity index (χ0n) is 11.1. The molecule has 0 amide bonds. The first kappa shape index (κ1) is 14.2. The molecule has 2 aromatic carbocycles. The van der Waals surface area contributed by atoms with Crippen LogP contribution in [0.4, 0.5) is 11.4 Å². The number of aromatic carboxylic acids is 1. The normalized spacial score (nSPS) is 10.2. The second-order valence-electron chi connectivity index (χ2n) is 4.32. The van der Waals surface area contributed by atoms with Crippen LogP contribution in [0.1, 0.15) is 15.9 Å². The maximum atomic E-state index is 11.3. The smallest absolute Gasteiger partial charge is 0.337 e. The maximum absolute atomic E-state index is 11.3. The molecule has 0 spiro atoms. The quantitative estimate of drug-likeness (QED) is 0.890. The van der Waals surface area contributed by atoms with Gasteiger partial charge in [0.15, 0.2) is 0 Å². The highest BCUT2D eigenvalue weighted by molar-refractivity contribution is 6.31. The van der Waals surface area contributed by atoms with Gasteiger partial charge in [-0.05, 0) is 42.8 Å². The number of hydrogen-bond acceptors (Lipinski definition) is 3. The van der Waals surface area contributed by atoms with Crippen LogP contribution in [0.15, 0.2) is 36.4 Å². The number of benzene rings is 2. The van der Waals surface area contributed by atoms with Gasteiger partial charge in [0.2, 0.25) is 0 Å². The number of nitrogens with one attached hydrogen (secondary N) is 1. The van der Waals surface area contributed by atoms with E-state index in [2.05, 4.69) is 5.32 Å². The van der Waals surface area contributed by atoms with Crippen molar-refractivity contribution >= 4 is 28.9 Å². The lowest BCUT2D eigenvalue weighted by molar-refractivity contribution is 0.0698. The van der Waals surface area contributed by atoms with Crippen molar-refractivity contribution in [2.45, 2.75) is 6.92 Å². The van der Waals surface area contributed by atoms with Crippen LogP contribution in [-0.4, -0.2) is 18.2 Å². The van der Waals surface area contributed by atoms with Crippen LogP contribution in [0.3, 0.4) is 0 Å². The summed E-state index contributed by atoms with van der Waals surface area (Å²) in [6.45, 7) is 1.95. The van der Waals surface area contributed by atoms with Gasteiger partial charge in [-0.15, -0.1) is 0 Å². The van der Waals surface area contributed by atoms with Crippen molar-refractivity contribution in [1.29, 1.82) is 0 Å². The lowest BCUT2D eigenvalue weighted by Gasteiger charge is -2.14. The molecular formula is C15H14ClNO3. The number of carboxylic acids is 1. The van der Waals surface area contributed by atoms with E-state index in [1.807, 2.05) is 25.1 Å². The number of hydrogen-bond donors (Lipinski definition) is 2. The molecule has 0 aliphatic rings. The van der Waals surface area contributed by atoms with Crippen molar-refractivity contribution in [2.75, 3.05) is 12.4 Å². The van der Waals surface area contributed by atoms with Crippen LogP contribution >= 0.6 is 11.6 Å². The van der Waals surface area contributed by atoms with Gasteiger partial charge in [0.05, 0.1) is 24.0 Å². The van der Waals surface area contributed by atoms with Gasteiger partial charge in [-0.1, -0.05) is 17.7 Å². The Balaban J connectivity index is 2.44. The predicted octanol–water partition coefficient (Wildman–Crippen LogP) is 4.10. The Bertz CT molecular complexity index is 656. The van der Waals surface area contributed by atoms with E-state index in [1.54, 1.807) is 19.2 Å². The SMILES string of the molecule is COc1ccc(C)cc1Nc1ccc(Cl)cc1C(=O)O. The van der Waals surface area contributed by atoms with Crippen molar-refractivity contribution in [2.24, 2.45) is 0 Å². The average Bonchev–Trinajstić information content (AvgIpc) is 2.41. The molecule has 20 heavy (non-hydrogen) atoms. The molecule has 0 atom stereocenters. The number of carboxylic acid groups (broad SMARTS) is 1. The van der Waals surface area contributed by atoms with E-state index in [1.165, 1.54) is 6.07 Å². The molecule has 2 rings (SSSR count). The van der Waals surface area contributed by atoms with Gasteiger partial charge >= 0.3 is 5.97 Å². The largest absolute Gasteiger partial charge is 0.495 e. The lowest BCUT2D eigenvalue weighted by Crippen LogP contribution is -2.03. The summed E-state index contributed by atoms with van der Waals surface area (Å²) in [5, 5.41) is 12.7. The molecule has 0 saturated heterocycles. The Labute approximate surface area is 122 Å². The van der Waals surface area contributed by atoms with E-state index in [0.717, 1.165) is 5.56 Å². The number of ether oxygens (including phenoxy) is 1. The minimum Gasteiger partial charge on any atom is -0.495 e. The van der Waals surface area contributed by atoms with Crippen molar-refractivity contribution in [3.05, 3.63) is 52.5 Å². The molecule has 2 N–H and O–H groups in total. The standard InChI is InChI=1S/C15H14ClNO3/c1-9-3-6-14(20-2)13(7-9)17-12-5-4-10(16)8-11(12)15(18)19/h3-8,17H,1-2H3,(H,18,19). The first-order valence-electron chi connectivity index (χ1n) is 5.96. The van der Waals surface area contributed by atoms with Crippen LogP contribution in [0, 0.1) is 6.92 Å². The number of aryl methyl sites for hydroxylation is 1. The van der Waals surface area contributed by atoms with Crippen molar-refractivity contribution in [3.8, 4) is 5.75 Å². The Hall–Kier alpha value is -2.20. The van der Waals surface area contributed by atoms with Crippen LogP contribution in [0.2, 0.25) is 5.02 Å². The summed E-state index contributed by atoms with van der Waals surface area (Å²) in [4.78, 5) is 11.3.